The molecule has 0 aliphatic heterocycles. The van der Waals surface area contributed by atoms with Crippen LogP contribution in [0.4, 0.5) is 0 Å². The molecule has 6 nitrogen and oxygen atoms in total. The highest BCUT2D eigenvalue weighted by Crippen LogP contribution is 2.23. The van der Waals surface area contributed by atoms with E-state index < -0.39 is 15.9 Å². The van der Waals surface area contributed by atoms with Crippen LogP contribution in [0.25, 0.3) is 10.2 Å². The fourth-order valence-corrected chi connectivity index (χ4v) is 2.59. The average Bonchev–Trinajstić information content (AvgIpc) is 2.58. The van der Waals surface area contributed by atoms with E-state index in [1.165, 1.54) is 11.3 Å². The van der Waals surface area contributed by atoms with Gasteiger partial charge in [-0.1, -0.05) is 0 Å². The topological polar surface area (TPSA) is 108 Å². The number of fused-ring (bicyclic) bond motifs is 1. The molecule has 0 aromatic carbocycles. The number of sulfonamides is 1. The highest BCUT2D eigenvalue weighted by Gasteiger charge is 2.16. The van der Waals surface area contributed by atoms with E-state index >= 15 is 0 Å². The molecule has 0 bridgehead atoms. The van der Waals surface area contributed by atoms with Crippen LogP contribution < -0.4 is 4.72 Å². The van der Waals surface area contributed by atoms with E-state index in [2.05, 4.69) is 4.98 Å². The molecule has 1 amide bonds. The van der Waals surface area contributed by atoms with E-state index in [0.717, 1.165) is 11.0 Å². The molecule has 2 aromatic heterocycles. The van der Waals surface area contributed by atoms with Crippen molar-refractivity contribution in [1.29, 1.82) is 0 Å². The number of aromatic nitrogens is 1. The summed E-state index contributed by atoms with van der Waals surface area (Å²) in [5.41, 5.74) is 0.805. The van der Waals surface area contributed by atoms with Crippen LogP contribution in [0.1, 0.15) is 10.4 Å². The van der Waals surface area contributed by atoms with E-state index in [0.29, 0.717) is 5.52 Å². The summed E-state index contributed by atoms with van der Waals surface area (Å²) < 4.78 is 24.6. The van der Waals surface area contributed by atoms with E-state index in [9.17, 15) is 13.2 Å². The van der Waals surface area contributed by atoms with Gasteiger partial charge in [0.2, 0.25) is 10.0 Å². The Balaban J connectivity index is 0.00000144. The third-order valence-electron chi connectivity index (χ3n) is 1.85. The highest BCUT2D eigenvalue weighted by molar-refractivity contribution is 7.89. The highest BCUT2D eigenvalue weighted by atomic mass is 32.2. The van der Waals surface area contributed by atoms with Crippen molar-refractivity contribution in [2.24, 2.45) is 0 Å². The minimum Gasteiger partial charge on any atom is -0.412 e. The van der Waals surface area contributed by atoms with Gasteiger partial charge in [-0.3, -0.25) is 9.78 Å². The maximum absolute atomic E-state index is 11.6. The van der Waals surface area contributed by atoms with Gasteiger partial charge in [0.05, 0.1) is 22.0 Å². The molecule has 17 heavy (non-hydrogen) atoms. The Morgan fingerprint density at radius 1 is 1.47 bits per heavy atom. The number of hydrogen-bond acceptors (Lipinski definition) is 5. The van der Waals surface area contributed by atoms with Crippen LogP contribution in [0.15, 0.2) is 23.7 Å². The number of nitrogens with one attached hydrogen (secondary N) is 1. The second-order valence-corrected chi connectivity index (χ2v) is 5.86. The predicted molar refractivity (Wildman–Crippen MR) is 65.5 cm³/mol. The van der Waals surface area contributed by atoms with Crippen LogP contribution >= 0.6 is 11.3 Å². The molecule has 8 heteroatoms. The van der Waals surface area contributed by atoms with Gasteiger partial charge >= 0.3 is 0 Å². The average molecular weight is 274 g/mol. The Morgan fingerprint density at radius 3 is 2.82 bits per heavy atom. The first-order valence-electron chi connectivity index (χ1n) is 4.32. The summed E-state index contributed by atoms with van der Waals surface area (Å²) in [5.74, 6) is -0.646. The monoisotopic (exact) mass is 274 g/mol. The number of rotatable bonds is 2. The first-order chi connectivity index (χ1) is 7.47. The Kier molecular flexibility index (Phi) is 3.81. The summed E-state index contributed by atoms with van der Waals surface area (Å²) in [5, 5.41) is 1.60. The van der Waals surface area contributed by atoms with Gasteiger partial charge in [0.25, 0.3) is 5.91 Å². The fourth-order valence-electron chi connectivity index (χ4n) is 1.25. The first kappa shape index (κ1) is 13.6. The van der Waals surface area contributed by atoms with Crippen molar-refractivity contribution >= 4 is 37.5 Å². The molecule has 0 saturated carbocycles. The van der Waals surface area contributed by atoms with E-state index in [1.807, 2.05) is 10.8 Å². The zero-order chi connectivity index (χ0) is 11.8. The van der Waals surface area contributed by atoms with Gasteiger partial charge in [-0.25, -0.2) is 13.1 Å². The number of nitrogens with zero attached hydrogens (tertiary/aromatic N) is 1. The SMILES string of the molecule is CS(=O)(=O)NC(=O)c1csc2cccnc12.O. The Morgan fingerprint density at radius 2 is 2.18 bits per heavy atom. The van der Waals surface area contributed by atoms with Gasteiger partial charge in [-0.05, 0) is 12.1 Å². The second kappa shape index (κ2) is 4.78. The number of hydrogen-bond donors (Lipinski definition) is 1. The summed E-state index contributed by atoms with van der Waals surface area (Å²) in [6.45, 7) is 0. The maximum Gasteiger partial charge on any atom is 0.267 e. The lowest BCUT2D eigenvalue weighted by atomic mass is 10.2. The van der Waals surface area contributed by atoms with Gasteiger partial charge < -0.3 is 5.48 Å². The lowest BCUT2D eigenvalue weighted by Gasteiger charge is -2.00. The Labute approximate surface area is 102 Å². The van der Waals surface area contributed by atoms with Gasteiger partial charge in [0, 0.05) is 11.6 Å². The lowest BCUT2D eigenvalue weighted by molar-refractivity contribution is 0.0983. The Hall–Kier alpha value is -1.51. The number of thiophene rings is 1. The first-order valence-corrected chi connectivity index (χ1v) is 7.09. The molecule has 0 atom stereocenters. The van der Waals surface area contributed by atoms with Crippen molar-refractivity contribution in [3.05, 3.63) is 29.3 Å². The maximum atomic E-state index is 11.6. The lowest BCUT2D eigenvalue weighted by Crippen LogP contribution is -2.29. The van der Waals surface area contributed by atoms with E-state index in [1.54, 1.807) is 17.6 Å². The number of amides is 1. The summed E-state index contributed by atoms with van der Waals surface area (Å²) in [6, 6.07) is 3.58. The molecule has 0 aliphatic rings. The molecule has 3 N–H and O–H groups in total. The summed E-state index contributed by atoms with van der Waals surface area (Å²) in [7, 11) is -3.54. The molecule has 92 valence electrons. The molecule has 0 unspecified atom stereocenters. The molecule has 0 spiro atoms. The van der Waals surface area contributed by atoms with Gasteiger partial charge in [0.15, 0.2) is 0 Å². The molecule has 0 fully saturated rings. The van der Waals surface area contributed by atoms with Crippen molar-refractivity contribution in [3.8, 4) is 0 Å². The normalized spacial score (nSPS) is 10.9. The third kappa shape index (κ3) is 2.99. The molecule has 2 rings (SSSR count). The summed E-state index contributed by atoms with van der Waals surface area (Å²) >= 11 is 1.35. The minimum atomic E-state index is -3.54. The Bertz CT molecular complexity index is 648. The van der Waals surface area contributed by atoms with Crippen LogP contribution in [0.3, 0.4) is 0 Å². The van der Waals surface area contributed by atoms with Crippen molar-refractivity contribution < 1.29 is 18.7 Å². The van der Waals surface area contributed by atoms with Crippen LogP contribution in [0, 0.1) is 0 Å². The second-order valence-electron chi connectivity index (χ2n) is 3.20. The van der Waals surface area contributed by atoms with Crippen molar-refractivity contribution in [2.45, 2.75) is 0 Å². The quantitative estimate of drug-likeness (QED) is 0.841. The van der Waals surface area contributed by atoms with Crippen LogP contribution in [0.5, 0.6) is 0 Å². The zero-order valence-corrected chi connectivity index (χ0v) is 10.4. The van der Waals surface area contributed by atoms with Crippen LogP contribution in [0.2, 0.25) is 0 Å². The molecular formula is C9H10N2O4S2. The molecular weight excluding hydrogens is 264 g/mol. The van der Waals surface area contributed by atoms with Gasteiger partial charge in [-0.2, -0.15) is 0 Å². The largest absolute Gasteiger partial charge is 0.412 e. The zero-order valence-electron chi connectivity index (χ0n) is 8.80. The smallest absolute Gasteiger partial charge is 0.267 e. The van der Waals surface area contributed by atoms with E-state index in [4.69, 9.17) is 0 Å². The molecule has 0 aliphatic carbocycles. The summed E-state index contributed by atoms with van der Waals surface area (Å²) in [6.07, 6.45) is 2.50. The molecule has 2 aromatic rings. The molecule has 0 radical (unpaired) electrons. The van der Waals surface area contributed by atoms with Crippen LogP contribution in [-0.2, 0) is 10.0 Å². The predicted octanol–water partition coefficient (Wildman–Crippen LogP) is 0.161. The van der Waals surface area contributed by atoms with Gasteiger partial charge in [0.1, 0.15) is 0 Å². The van der Waals surface area contributed by atoms with Crippen LogP contribution in [-0.4, -0.2) is 31.0 Å². The van der Waals surface area contributed by atoms with Crippen molar-refractivity contribution in [2.75, 3.05) is 6.26 Å². The number of carbonyl (C=O) groups is 1. The number of pyridine rings is 1. The summed E-state index contributed by atoms with van der Waals surface area (Å²) in [4.78, 5) is 15.7. The standard InChI is InChI=1S/C9H8N2O3S2.H2O/c1-16(13,14)11-9(12)6-5-15-7-3-2-4-10-8(6)7;/h2-5H,1H3,(H,11,12);1H2. The van der Waals surface area contributed by atoms with E-state index in [-0.39, 0.29) is 11.0 Å². The molecule has 2 heterocycles. The molecule has 0 saturated heterocycles. The van der Waals surface area contributed by atoms with Crippen molar-refractivity contribution in [3.63, 3.8) is 0 Å². The minimum absolute atomic E-state index is 0. The number of carbonyl (C=O) groups excluding carboxylic acids is 1. The van der Waals surface area contributed by atoms with Gasteiger partial charge in [-0.15, -0.1) is 11.3 Å². The van der Waals surface area contributed by atoms with Crippen molar-refractivity contribution in [1.82, 2.24) is 9.71 Å². The fraction of sp³-hybridized carbons (Fsp3) is 0.111. The third-order valence-corrected chi connectivity index (χ3v) is 3.35.